The number of alkyl halides is 3. The highest BCUT2D eigenvalue weighted by Crippen LogP contribution is 2.54. The lowest BCUT2D eigenvalue weighted by Crippen LogP contribution is -2.50. The second-order valence-electron chi connectivity index (χ2n) is 7.70. The Morgan fingerprint density at radius 2 is 1.85 bits per heavy atom. The maximum atomic E-state index is 13.1. The molecule has 2 fully saturated rings. The SMILES string of the molecule is CCCC1CCC2(CC1)CC[C@@H]2OC(=S)Nc1ccccc1C(F)(F)F. The molecule has 1 N–H and O–H groups in total. The van der Waals surface area contributed by atoms with E-state index in [2.05, 4.69) is 12.2 Å². The van der Waals surface area contributed by atoms with Gasteiger partial charge in [0.2, 0.25) is 0 Å². The summed E-state index contributed by atoms with van der Waals surface area (Å²) in [5.74, 6) is 0.815. The van der Waals surface area contributed by atoms with E-state index in [1.807, 2.05) is 0 Å². The maximum absolute atomic E-state index is 13.1. The Balaban J connectivity index is 1.58. The van der Waals surface area contributed by atoms with Crippen LogP contribution < -0.4 is 5.32 Å². The number of rotatable bonds is 4. The van der Waals surface area contributed by atoms with Gasteiger partial charge in [-0.1, -0.05) is 31.9 Å². The van der Waals surface area contributed by atoms with Crippen LogP contribution in [0.15, 0.2) is 24.3 Å². The van der Waals surface area contributed by atoms with Crippen LogP contribution >= 0.6 is 12.2 Å². The van der Waals surface area contributed by atoms with Crippen LogP contribution in [-0.4, -0.2) is 11.3 Å². The summed E-state index contributed by atoms with van der Waals surface area (Å²) in [6, 6.07) is 5.35. The molecule has 0 radical (unpaired) electrons. The quantitative estimate of drug-likeness (QED) is 0.593. The molecule has 0 unspecified atom stereocenters. The number of anilines is 1. The first-order valence-electron chi connectivity index (χ1n) is 9.48. The summed E-state index contributed by atoms with van der Waals surface area (Å²) in [6.45, 7) is 2.22. The molecule has 0 heterocycles. The molecular formula is C20H26F3NOS. The third-order valence-electron chi connectivity index (χ3n) is 6.10. The van der Waals surface area contributed by atoms with Gasteiger partial charge in [-0.15, -0.1) is 0 Å². The first-order valence-corrected chi connectivity index (χ1v) is 9.89. The summed E-state index contributed by atoms with van der Waals surface area (Å²) in [7, 11) is 0. The number of benzene rings is 1. The average Bonchev–Trinajstić information content (AvgIpc) is 2.59. The van der Waals surface area contributed by atoms with E-state index >= 15 is 0 Å². The van der Waals surface area contributed by atoms with Gasteiger partial charge in [0, 0.05) is 5.41 Å². The van der Waals surface area contributed by atoms with Crippen molar-refractivity contribution < 1.29 is 17.9 Å². The van der Waals surface area contributed by atoms with Gasteiger partial charge in [0.15, 0.2) is 0 Å². The number of halogens is 3. The van der Waals surface area contributed by atoms with Crippen molar-refractivity contribution in [3.63, 3.8) is 0 Å². The molecule has 0 saturated heterocycles. The van der Waals surface area contributed by atoms with Crippen LogP contribution in [0.2, 0.25) is 0 Å². The lowest BCUT2D eigenvalue weighted by molar-refractivity contribution is -0.136. The minimum absolute atomic E-state index is 0.0307. The van der Waals surface area contributed by atoms with Crippen LogP contribution in [0.4, 0.5) is 18.9 Å². The van der Waals surface area contributed by atoms with Crippen molar-refractivity contribution in [2.75, 3.05) is 5.32 Å². The number of hydrogen-bond acceptors (Lipinski definition) is 2. The van der Waals surface area contributed by atoms with E-state index in [4.69, 9.17) is 17.0 Å². The normalized spacial score (nSPS) is 28.5. The summed E-state index contributed by atoms with van der Waals surface area (Å²) in [4.78, 5) is 0. The van der Waals surface area contributed by atoms with Gasteiger partial charge in [0.1, 0.15) is 6.10 Å². The van der Waals surface area contributed by atoms with E-state index in [1.54, 1.807) is 6.07 Å². The van der Waals surface area contributed by atoms with Gasteiger partial charge < -0.3 is 10.1 Å². The van der Waals surface area contributed by atoms with E-state index < -0.39 is 11.7 Å². The van der Waals surface area contributed by atoms with Crippen LogP contribution in [-0.2, 0) is 10.9 Å². The molecule has 2 saturated carbocycles. The molecule has 0 aliphatic heterocycles. The highest BCUT2D eigenvalue weighted by Gasteiger charge is 2.50. The smallest absolute Gasteiger partial charge is 0.418 e. The predicted octanol–water partition coefficient (Wildman–Crippen LogP) is 6.56. The van der Waals surface area contributed by atoms with Crippen molar-refractivity contribution in [2.45, 2.75) is 70.6 Å². The maximum Gasteiger partial charge on any atom is 0.418 e. The topological polar surface area (TPSA) is 21.3 Å². The Morgan fingerprint density at radius 3 is 2.42 bits per heavy atom. The number of hydrogen-bond donors (Lipinski definition) is 1. The van der Waals surface area contributed by atoms with Crippen molar-refractivity contribution >= 4 is 23.1 Å². The Hall–Kier alpha value is -1.30. The van der Waals surface area contributed by atoms with Crippen molar-refractivity contribution in [1.29, 1.82) is 0 Å². The molecule has 2 nitrogen and oxygen atoms in total. The van der Waals surface area contributed by atoms with E-state index in [9.17, 15) is 13.2 Å². The van der Waals surface area contributed by atoms with Crippen LogP contribution in [0, 0.1) is 11.3 Å². The standard InChI is InChI=1S/C20H26F3NOS/c1-2-5-14-8-11-19(12-9-14)13-10-17(19)25-18(26)24-16-7-4-3-6-15(16)20(21,22)23/h3-4,6-7,14,17H,2,5,8-13H2,1H3,(H,24,26)/t14?,17-,19?/m0/s1. The number of ether oxygens (including phenoxy) is 1. The zero-order valence-electron chi connectivity index (χ0n) is 15.1. The zero-order chi connectivity index (χ0) is 18.8. The molecular weight excluding hydrogens is 359 g/mol. The molecule has 1 aromatic rings. The highest BCUT2D eigenvalue weighted by molar-refractivity contribution is 7.80. The van der Waals surface area contributed by atoms with Gasteiger partial charge in [-0.25, -0.2) is 0 Å². The zero-order valence-corrected chi connectivity index (χ0v) is 15.9. The monoisotopic (exact) mass is 385 g/mol. The second kappa shape index (κ2) is 7.75. The Kier molecular flexibility index (Phi) is 5.80. The molecule has 0 bridgehead atoms. The van der Waals surface area contributed by atoms with E-state index in [-0.39, 0.29) is 22.4 Å². The first kappa shape index (κ1) is 19.5. The molecule has 1 atom stereocenters. The lowest BCUT2D eigenvalue weighted by atomic mass is 9.57. The summed E-state index contributed by atoms with van der Waals surface area (Å²) in [5, 5.41) is 2.70. The van der Waals surface area contributed by atoms with Gasteiger partial charge in [-0.2, -0.15) is 13.2 Å². The van der Waals surface area contributed by atoms with Gasteiger partial charge >= 0.3 is 6.18 Å². The summed E-state index contributed by atoms with van der Waals surface area (Å²) in [5.41, 5.74) is -0.598. The molecule has 0 amide bonds. The fourth-order valence-corrected chi connectivity index (χ4v) is 4.71. The second-order valence-corrected chi connectivity index (χ2v) is 8.07. The predicted molar refractivity (Wildman–Crippen MR) is 101 cm³/mol. The van der Waals surface area contributed by atoms with Gasteiger partial charge in [-0.3, -0.25) is 0 Å². The van der Waals surface area contributed by atoms with Crippen LogP contribution in [0.3, 0.4) is 0 Å². The number of nitrogens with one attached hydrogen (secondary N) is 1. The molecule has 1 aromatic carbocycles. The van der Waals surface area contributed by atoms with Gasteiger partial charge in [0.25, 0.3) is 5.17 Å². The summed E-state index contributed by atoms with van der Waals surface area (Å²) in [6.07, 6.45) is 4.93. The number of para-hydroxylation sites is 1. The Labute approximate surface area is 158 Å². The molecule has 1 spiro atoms. The molecule has 6 heteroatoms. The van der Waals surface area contributed by atoms with Crippen LogP contribution in [0.5, 0.6) is 0 Å². The van der Waals surface area contributed by atoms with E-state index in [1.165, 1.54) is 37.8 Å². The van der Waals surface area contributed by atoms with Crippen molar-refractivity contribution in [3.05, 3.63) is 29.8 Å². The third kappa shape index (κ3) is 4.16. The molecule has 2 aliphatic carbocycles. The Morgan fingerprint density at radius 1 is 1.19 bits per heavy atom. The van der Waals surface area contributed by atoms with Gasteiger partial charge in [0.05, 0.1) is 11.3 Å². The molecule has 3 rings (SSSR count). The fourth-order valence-electron chi connectivity index (χ4n) is 4.48. The van der Waals surface area contributed by atoms with Crippen molar-refractivity contribution in [1.82, 2.24) is 0 Å². The van der Waals surface area contributed by atoms with E-state index in [0.29, 0.717) is 0 Å². The lowest BCUT2D eigenvalue weighted by Gasteiger charge is -2.52. The third-order valence-corrected chi connectivity index (χ3v) is 6.30. The largest absolute Gasteiger partial charge is 0.467 e. The van der Waals surface area contributed by atoms with Crippen molar-refractivity contribution in [2.24, 2.45) is 11.3 Å². The van der Waals surface area contributed by atoms with Gasteiger partial charge in [-0.05, 0) is 68.8 Å². The molecule has 0 aromatic heterocycles. The van der Waals surface area contributed by atoms with Crippen molar-refractivity contribution in [3.8, 4) is 0 Å². The van der Waals surface area contributed by atoms with Crippen LogP contribution in [0.25, 0.3) is 0 Å². The first-order chi connectivity index (χ1) is 12.3. The van der Waals surface area contributed by atoms with Crippen LogP contribution in [0.1, 0.15) is 63.9 Å². The summed E-state index contributed by atoms with van der Waals surface area (Å²) >= 11 is 5.21. The minimum atomic E-state index is -4.42. The molecule has 144 valence electrons. The average molecular weight is 385 g/mol. The fraction of sp³-hybridized carbons (Fsp3) is 0.650. The van der Waals surface area contributed by atoms with E-state index in [0.717, 1.165) is 37.7 Å². The Bertz CT molecular complexity index is 638. The number of thiocarbonyl (C=S) groups is 1. The molecule has 2 aliphatic rings. The minimum Gasteiger partial charge on any atom is -0.467 e. The summed E-state index contributed by atoms with van der Waals surface area (Å²) < 4.78 is 45.2. The highest BCUT2D eigenvalue weighted by atomic mass is 32.1. The molecule has 26 heavy (non-hydrogen) atoms.